The summed E-state index contributed by atoms with van der Waals surface area (Å²) >= 11 is 11.9. The van der Waals surface area contributed by atoms with E-state index in [0.717, 1.165) is 11.1 Å². The predicted octanol–water partition coefficient (Wildman–Crippen LogP) is 3.40. The third-order valence-corrected chi connectivity index (χ3v) is 5.48. The van der Waals surface area contributed by atoms with Crippen LogP contribution < -0.4 is 16.6 Å². The van der Waals surface area contributed by atoms with Crippen LogP contribution in [0, 0.1) is 0 Å². The van der Waals surface area contributed by atoms with Crippen molar-refractivity contribution in [1.82, 2.24) is 18.7 Å². The smallest absolute Gasteiger partial charge is 0.332 e. The van der Waals surface area contributed by atoms with Gasteiger partial charge in [-0.05, 0) is 35.4 Å². The Morgan fingerprint density at radius 3 is 2.03 bits per heavy atom. The molecule has 154 valence electrons. The number of fused-ring (bicyclic) bond motifs is 1. The van der Waals surface area contributed by atoms with E-state index in [1.807, 2.05) is 24.3 Å². The van der Waals surface area contributed by atoms with Gasteiger partial charge in [0.1, 0.15) is 0 Å². The first-order chi connectivity index (χ1) is 14.3. The average Bonchev–Trinajstić information content (AvgIpc) is 3.07. The maximum absolute atomic E-state index is 13.1. The van der Waals surface area contributed by atoms with Crippen LogP contribution >= 0.6 is 23.2 Å². The molecule has 0 aliphatic rings. The molecular formula is C21H19Cl2N5O2. The molecule has 2 aromatic heterocycles. The molecule has 0 saturated carbocycles. The summed E-state index contributed by atoms with van der Waals surface area (Å²) in [5.41, 5.74) is 1.69. The minimum absolute atomic E-state index is 0.150. The molecule has 0 amide bonds. The normalized spacial score (nSPS) is 11.2. The summed E-state index contributed by atoms with van der Waals surface area (Å²) in [6.07, 6.45) is 0. The molecule has 0 aliphatic carbocycles. The molecule has 0 fully saturated rings. The number of aromatic nitrogens is 4. The van der Waals surface area contributed by atoms with E-state index >= 15 is 0 Å². The third kappa shape index (κ3) is 3.74. The lowest BCUT2D eigenvalue weighted by Gasteiger charge is -2.09. The Kier molecular flexibility index (Phi) is 5.40. The molecule has 2 heterocycles. The second-order valence-corrected chi connectivity index (χ2v) is 7.88. The number of anilines is 1. The van der Waals surface area contributed by atoms with Crippen molar-refractivity contribution in [3.05, 3.63) is 90.5 Å². The number of halogens is 2. The number of rotatable bonds is 5. The van der Waals surface area contributed by atoms with Crippen molar-refractivity contribution in [1.29, 1.82) is 0 Å². The van der Waals surface area contributed by atoms with Crippen LogP contribution in [-0.2, 0) is 27.2 Å². The Morgan fingerprint density at radius 1 is 0.867 bits per heavy atom. The Morgan fingerprint density at radius 2 is 1.43 bits per heavy atom. The number of nitrogens with zero attached hydrogens (tertiary/aromatic N) is 4. The van der Waals surface area contributed by atoms with E-state index in [9.17, 15) is 9.59 Å². The quantitative estimate of drug-likeness (QED) is 0.512. The third-order valence-electron chi connectivity index (χ3n) is 4.98. The van der Waals surface area contributed by atoms with Crippen LogP contribution in [-0.4, -0.2) is 18.7 Å². The molecule has 0 radical (unpaired) electrons. The van der Waals surface area contributed by atoms with E-state index in [1.54, 1.807) is 42.9 Å². The molecule has 0 bridgehead atoms. The lowest BCUT2D eigenvalue weighted by molar-refractivity contribution is 0.655. The van der Waals surface area contributed by atoms with Gasteiger partial charge in [0.15, 0.2) is 11.2 Å². The fourth-order valence-corrected chi connectivity index (χ4v) is 3.55. The summed E-state index contributed by atoms with van der Waals surface area (Å²) in [6, 6.07) is 14.5. The fourth-order valence-electron chi connectivity index (χ4n) is 3.30. The molecule has 7 nitrogen and oxygen atoms in total. The molecule has 0 spiro atoms. The van der Waals surface area contributed by atoms with Gasteiger partial charge >= 0.3 is 5.69 Å². The highest BCUT2D eigenvalue weighted by molar-refractivity contribution is 6.30. The van der Waals surface area contributed by atoms with E-state index in [4.69, 9.17) is 23.2 Å². The van der Waals surface area contributed by atoms with Crippen molar-refractivity contribution in [2.45, 2.75) is 13.1 Å². The second kappa shape index (κ2) is 8.01. The molecule has 2 aromatic carbocycles. The molecule has 1 N–H and O–H groups in total. The van der Waals surface area contributed by atoms with Crippen LogP contribution in [0.1, 0.15) is 11.1 Å². The molecular weight excluding hydrogens is 425 g/mol. The van der Waals surface area contributed by atoms with Gasteiger partial charge in [-0.15, -0.1) is 0 Å². The van der Waals surface area contributed by atoms with Crippen molar-refractivity contribution in [3.63, 3.8) is 0 Å². The number of nitrogens with one attached hydrogen (secondary N) is 1. The van der Waals surface area contributed by atoms with Gasteiger partial charge in [-0.1, -0.05) is 47.5 Å². The minimum atomic E-state index is -0.426. The van der Waals surface area contributed by atoms with Crippen molar-refractivity contribution in [3.8, 4) is 0 Å². The van der Waals surface area contributed by atoms with Crippen LogP contribution in [0.15, 0.2) is 58.1 Å². The molecule has 30 heavy (non-hydrogen) atoms. The summed E-state index contributed by atoms with van der Waals surface area (Å²) in [5.74, 6) is 0.497. The van der Waals surface area contributed by atoms with E-state index in [-0.39, 0.29) is 6.54 Å². The fraction of sp³-hybridized carbons (Fsp3) is 0.190. The standard InChI is InChI=1S/C21H19Cl2N5O2/c1-26-17-18(25-20(26)24-11-13-3-7-15(22)8-4-13)27(2)21(30)28(19(17)29)12-14-5-9-16(23)10-6-14/h3-10H,11-12H2,1-2H3,(H,24,25). The molecule has 0 unspecified atom stereocenters. The van der Waals surface area contributed by atoms with E-state index in [0.29, 0.717) is 33.7 Å². The molecule has 0 saturated heterocycles. The monoisotopic (exact) mass is 443 g/mol. The summed E-state index contributed by atoms with van der Waals surface area (Å²) < 4.78 is 4.27. The van der Waals surface area contributed by atoms with Crippen molar-refractivity contribution in [2.24, 2.45) is 14.1 Å². The first-order valence-corrected chi connectivity index (χ1v) is 10.00. The van der Waals surface area contributed by atoms with E-state index in [2.05, 4.69) is 10.3 Å². The summed E-state index contributed by atoms with van der Waals surface area (Å²) in [6.45, 7) is 0.651. The van der Waals surface area contributed by atoms with Gasteiger partial charge in [0.2, 0.25) is 5.95 Å². The van der Waals surface area contributed by atoms with E-state index in [1.165, 1.54) is 9.13 Å². The van der Waals surface area contributed by atoms with Gasteiger partial charge in [0, 0.05) is 30.7 Å². The lowest BCUT2D eigenvalue weighted by Crippen LogP contribution is -2.39. The van der Waals surface area contributed by atoms with Gasteiger partial charge in [0.25, 0.3) is 5.56 Å². The Bertz CT molecular complexity index is 1340. The van der Waals surface area contributed by atoms with Crippen LogP contribution in [0.4, 0.5) is 5.95 Å². The molecule has 4 aromatic rings. The lowest BCUT2D eigenvalue weighted by atomic mass is 10.2. The Balaban J connectivity index is 1.73. The van der Waals surface area contributed by atoms with Crippen LogP contribution in [0.2, 0.25) is 10.0 Å². The maximum Gasteiger partial charge on any atom is 0.332 e. The zero-order valence-corrected chi connectivity index (χ0v) is 17.9. The predicted molar refractivity (Wildman–Crippen MR) is 120 cm³/mol. The highest BCUT2D eigenvalue weighted by atomic mass is 35.5. The second-order valence-electron chi connectivity index (χ2n) is 7.01. The van der Waals surface area contributed by atoms with Gasteiger partial charge in [-0.25, -0.2) is 4.79 Å². The summed E-state index contributed by atoms with van der Waals surface area (Å²) in [5, 5.41) is 4.48. The van der Waals surface area contributed by atoms with Gasteiger partial charge in [-0.3, -0.25) is 13.9 Å². The number of hydrogen-bond acceptors (Lipinski definition) is 4. The minimum Gasteiger partial charge on any atom is -0.352 e. The number of aryl methyl sites for hydroxylation is 2. The maximum atomic E-state index is 13.1. The average molecular weight is 444 g/mol. The summed E-state index contributed by atoms with van der Waals surface area (Å²) in [4.78, 5) is 30.4. The Labute approximate surface area is 182 Å². The zero-order chi connectivity index (χ0) is 21.4. The number of imidazole rings is 1. The zero-order valence-electron chi connectivity index (χ0n) is 16.4. The number of benzene rings is 2. The number of hydrogen-bond donors (Lipinski definition) is 1. The highest BCUT2D eigenvalue weighted by Gasteiger charge is 2.18. The topological polar surface area (TPSA) is 73.8 Å². The molecule has 0 atom stereocenters. The largest absolute Gasteiger partial charge is 0.352 e. The van der Waals surface area contributed by atoms with Gasteiger partial charge in [-0.2, -0.15) is 4.98 Å². The van der Waals surface area contributed by atoms with Crippen LogP contribution in [0.3, 0.4) is 0 Å². The molecule has 9 heteroatoms. The highest BCUT2D eigenvalue weighted by Crippen LogP contribution is 2.16. The van der Waals surface area contributed by atoms with Crippen molar-refractivity contribution in [2.75, 3.05) is 5.32 Å². The van der Waals surface area contributed by atoms with Gasteiger partial charge < -0.3 is 9.88 Å². The van der Waals surface area contributed by atoms with Crippen molar-refractivity contribution >= 4 is 40.3 Å². The molecule has 4 rings (SSSR count). The summed E-state index contributed by atoms with van der Waals surface area (Å²) in [7, 11) is 3.36. The molecule has 0 aliphatic heterocycles. The first kappa shape index (κ1) is 20.3. The van der Waals surface area contributed by atoms with Crippen LogP contribution in [0.5, 0.6) is 0 Å². The van der Waals surface area contributed by atoms with Gasteiger partial charge in [0.05, 0.1) is 6.54 Å². The SMILES string of the molecule is Cn1c(NCc2ccc(Cl)cc2)nc2c1c(=O)n(Cc1ccc(Cl)cc1)c(=O)n2C. The van der Waals surface area contributed by atoms with Crippen molar-refractivity contribution < 1.29 is 0 Å². The van der Waals surface area contributed by atoms with E-state index < -0.39 is 11.2 Å². The van der Waals surface area contributed by atoms with Crippen LogP contribution in [0.25, 0.3) is 11.2 Å². The Hall–Kier alpha value is -3.03. The first-order valence-electron chi connectivity index (χ1n) is 9.24.